The van der Waals surface area contributed by atoms with E-state index in [-0.39, 0.29) is 17.8 Å². The summed E-state index contributed by atoms with van der Waals surface area (Å²) >= 11 is 0. The molecule has 2 aromatic rings. The molecule has 0 radical (unpaired) electrons. The average Bonchev–Trinajstić information content (AvgIpc) is 2.60. The van der Waals surface area contributed by atoms with Crippen molar-refractivity contribution in [3.63, 3.8) is 0 Å². The minimum Gasteiger partial charge on any atom is -0.481 e. The van der Waals surface area contributed by atoms with Gasteiger partial charge in [-0.1, -0.05) is 0 Å². The minimum absolute atomic E-state index is 0.0500. The van der Waals surface area contributed by atoms with Gasteiger partial charge in [-0.2, -0.15) is 4.98 Å². The summed E-state index contributed by atoms with van der Waals surface area (Å²) in [6, 6.07) is 3.24. The summed E-state index contributed by atoms with van der Waals surface area (Å²) in [6.45, 7) is 1.95. The fraction of sp³-hybridized carbons (Fsp3) is 0.375. The van der Waals surface area contributed by atoms with Gasteiger partial charge in [-0.25, -0.2) is 0 Å². The van der Waals surface area contributed by atoms with Crippen molar-refractivity contribution in [3.05, 3.63) is 42.0 Å². The molecule has 7 heteroatoms. The molecule has 0 aliphatic carbocycles. The maximum Gasteiger partial charge on any atom is 0.259 e. The van der Waals surface area contributed by atoms with Crippen molar-refractivity contribution in [2.75, 3.05) is 21.3 Å². The van der Waals surface area contributed by atoms with Crippen molar-refractivity contribution >= 4 is 5.91 Å². The SMILES string of the molecule is COc1ccc(C(=O)N(C)C(C)Cc2cnccn2)c(OC)n1. The van der Waals surface area contributed by atoms with E-state index in [1.807, 2.05) is 6.92 Å². The topological polar surface area (TPSA) is 77.4 Å². The lowest BCUT2D eigenvalue weighted by Crippen LogP contribution is -2.37. The van der Waals surface area contributed by atoms with Crippen LogP contribution >= 0.6 is 0 Å². The normalized spacial score (nSPS) is 11.7. The first-order valence-corrected chi connectivity index (χ1v) is 7.18. The number of carbonyl (C=O) groups excluding carboxylic acids is 1. The molecular formula is C16H20N4O3. The summed E-state index contributed by atoms with van der Waals surface area (Å²) in [4.78, 5) is 26.7. The zero-order chi connectivity index (χ0) is 16.8. The molecule has 2 rings (SSSR count). The first kappa shape index (κ1) is 16.7. The Morgan fingerprint density at radius 2 is 2.04 bits per heavy atom. The molecule has 23 heavy (non-hydrogen) atoms. The molecule has 0 saturated carbocycles. The number of ether oxygens (including phenoxy) is 2. The molecular weight excluding hydrogens is 296 g/mol. The summed E-state index contributed by atoms with van der Waals surface area (Å²) in [5.41, 5.74) is 1.22. The highest BCUT2D eigenvalue weighted by molar-refractivity contribution is 5.96. The lowest BCUT2D eigenvalue weighted by atomic mass is 10.1. The monoisotopic (exact) mass is 316 g/mol. The van der Waals surface area contributed by atoms with Crippen LogP contribution in [0.1, 0.15) is 23.0 Å². The van der Waals surface area contributed by atoms with E-state index >= 15 is 0 Å². The Morgan fingerprint density at radius 1 is 1.26 bits per heavy atom. The van der Waals surface area contributed by atoms with Crippen molar-refractivity contribution in [3.8, 4) is 11.8 Å². The minimum atomic E-state index is -0.173. The molecule has 0 aliphatic heterocycles. The van der Waals surface area contributed by atoms with Crippen LogP contribution in [0, 0.1) is 0 Å². The molecule has 0 N–H and O–H groups in total. The Kier molecular flexibility index (Phi) is 5.46. The van der Waals surface area contributed by atoms with Gasteiger partial charge in [0.1, 0.15) is 5.56 Å². The smallest absolute Gasteiger partial charge is 0.259 e. The Bertz CT molecular complexity index is 664. The van der Waals surface area contributed by atoms with Gasteiger partial charge in [-0.05, 0) is 13.0 Å². The van der Waals surface area contributed by atoms with Crippen molar-refractivity contribution in [1.29, 1.82) is 0 Å². The van der Waals surface area contributed by atoms with Gasteiger partial charge in [0.25, 0.3) is 5.91 Å². The lowest BCUT2D eigenvalue weighted by Gasteiger charge is -2.25. The summed E-state index contributed by atoms with van der Waals surface area (Å²) in [7, 11) is 4.73. The number of methoxy groups -OCH3 is 2. The number of carbonyl (C=O) groups is 1. The number of hydrogen-bond donors (Lipinski definition) is 0. The number of nitrogens with zero attached hydrogens (tertiary/aromatic N) is 4. The van der Waals surface area contributed by atoms with E-state index < -0.39 is 0 Å². The van der Waals surface area contributed by atoms with Crippen LogP contribution in [-0.4, -0.2) is 53.1 Å². The van der Waals surface area contributed by atoms with Gasteiger partial charge in [0, 0.05) is 44.2 Å². The van der Waals surface area contributed by atoms with E-state index in [1.165, 1.54) is 14.2 Å². The van der Waals surface area contributed by atoms with Crippen LogP contribution in [0.3, 0.4) is 0 Å². The molecule has 1 atom stereocenters. The fourth-order valence-electron chi connectivity index (χ4n) is 2.12. The summed E-state index contributed by atoms with van der Waals surface area (Å²) in [5.74, 6) is 0.468. The molecule has 7 nitrogen and oxygen atoms in total. The van der Waals surface area contributed by atoms with Gasteiger partial charge in [-0.3, -0.25) is 14.8 Å². The molecule has 0 aliphatic rings. The number of likely N-dealkylation sites (N-methyl/N-ethyl adjacent to an activating group) is 1. The van der Waals surface area contributed by atoms with E-state index in [9.17, 15) is 4.79 Å². The van der Waals surface area contributed by atoms with E-state index in [1.54, 1.807) is 42.7 Å². The van der Waals surface area contributed by atoms with Crippen molar-refractivity contribution < 1.29 is 14.3 Å². The highest BCUT2D eigenvalue weighted by atomic mass is 16.5. The highest BCUT2D eigenvalue weighted by Gasteiger charge is 2.22. The van der Waals surface area contributed by atoms with Gasteiger partial charge in [0.2, 0.25) is 11.8 Å². The summed E-state index contributed by atoms with van der Waals surface area (Å²) in [5, 5.41) is 0. The van der Waals surface area contributed by atoms with Crippen LogP contribution < -0.4 is 9.47 Å². The number of hydrogen-bond acceptors (Lipinski definition) is 6. The second-order valence-electron chi connectivity index (χ2n) is 5.08. The fourth-order valence-corrected chi connectivity index (χ4v) is 2.12. The molecule has 0 fully saturated rings. The third-order valence-corrected chi connectivity index (χ3v) is 3.57. The summed E-state index contributed by atoms with van der Waals surface area (Å²) < 4.78 is 10.2. The number of pyridine rings is 1. The maximum absolute atomic E-state index is 12.7. The molecule has 0 spiro atoms. The van der Waals surface area contributed by atoms with Crippen LogP contribution in [-0.2, 0) is 6.42 Å². The van der Waals surface area contributed by atoms with Crippen molar-refractivity contribution in [2.45, 2.75) is 19.4 Å². The third-order valence-electron chi connectivity index (χ3n) is 3.57. The Labute approximate surface area is 135 Å². The number of rotatable bonds is 6. The first-order valence-electron chi connectivity index (χ1n) is 7.18. The van der Waals surface area contributed by atoms with Crippen molar-refractivity contribution in [2.24, 2.45) is 0 Å². The van der Waals surface area contributed by atoms with Crippen LogP contribution in [0.25, 0.3) is 0 Å². The molecule has 1 unspecified atom stereocenters. The number of amides is 1. The van der Waals surface area contributed by atoms with Gasteiger partial charge >= 0.3 is 0 Å². The molecule has 122 valence electrons. The second-order valence-corrected chi connectivity index (χ2v) is 5.08. The first-order chi connectivity index (χ1) is 11.1. The molecule has 1 amide bonds. The highest BCUT2D eigenvalue weighted by Crippen LogP contribution is 2.22. The average molecular weight is 316 g/mol. The molecule has 2 aromatic heterocycles. The maximum atomic E-state index is 12.7. The van der Waals surface area contributed by atoms with E-state index in [2.05, 4.69) is 15.0 Å². The van der Waals surface area contributed by atoms with Crippen molar-refractivity contribution in [1.82, 2.24) is 19.9 Å². The van der Waals surface area contributed by atoms with E-state index in [0.29, 0.717) is 17.9 Å². The predicted octanol–water partition coefficient (Wildman–Crippen LogP) is 1.59. The zero-order valence-corrected chi connectivity index (χ0v) is 13.7. The van der Waals surface area contributed by atoms with Gasteiger partial charge < -0.3 is 14.4 Å². The third kappa shape index (κ3) is 3.94. The number of aromatic nitrogens is 3. The van der Waals surface area contributed by atoms with Gasteiger partial charge in [-0.15, -0.1) is 0 Å². The van der Waals surface area contributed by atoms with Crippen LogP contribution in [0.4, 0.5) is 0 Å². The second kappa shape index (κ2) is 7.53. The van der Waals surface area contributed by atoms with Gasteiger partial charge in [0.15, 0.2) is 0 Å². The van der Waals surface area contributed by atoms with E-state index in [0.717, 1.165) is 5.69 Å². The molecule has 2 heterocycles. The lowest BCUT2D eigenvalue weighted by molar-refractivity contribution is 0.0738. The Hall–Kier alpha value is -2.70. The van der Waals surface area contributed by atoms with E-state index in [4.69, 9.17) is 9.47 Å². The standard InChI is InChI=1S/C16H20N4O3/c1-11(9-12-10-17-7-8-18-12)20(2)16(21)13-5-6-14(22-3)19-15(13)23-4/h5-8,10-11H,9H2,1-4H3. The van der Waals surface area contributed by atoms with Crippen LogP contribution in [0.2, 0.25) is 0 Å². The Morgan fingerprint density at radius 3 is 2.65 bits per heavy atom. The molecule has 0 saturated heterocycles. The zero-order valence-electron chi connectivity index (χ0n) is 13.7. The molecule has 0 aromatic carbocycles. The predicted molar refractivity (Wildman–Crippen MR) is 84.6 cm³/mol. The Balaban J connectivity index is 2.15. The van der Waals surface area contributed by atoms with Gasteiger partial charge in [0.05, 0.1) is 19.9 Å². The largest absolute Gasteiger partial charge is 0.481 e. The van der Waals surface area contributed by atoms with Crippen LogP contribution in [0.15, 0.2) is 30.7 Å². The summed E-state index contributed by atoms with van der Waals surface area (Å²) in [6.07, 6.45) is 5.57. The molecule has 0 bridgehead atoms. The van der Waals surface area contributed by atoms with Crippen LogP contribution in [0.5, 0.6) is 11.8 Å². The quantitative estimate of drug-likeness (QED) is 0.805.